The molecule has 0 aliphatic carbocycles. The number of nitrogens with zero attached hydrogens (tertiary/aromatic N) is 2. The Balaban J connectivity index is 0.000000206. The van der Waals surface area contributed by atoms with E-state index in [1.54, 1.807) is 0 Å². The molecule has 5 aromatic rings. The van der Waals surface area contributed by atoms with Gasteiger partial charge in [-0.1, -0.05) is 74.6 Å². The van der Waals surface area contributed by atoms with Crippen LogP contribution in [0.15, 0.2) is 103 Å². The largest absolute Gasteiger partial charge is 0.305 e. The van der Waals surface area contributed by atoms with Crippen molar-refractivity contribution < 1.29 is 20.1 Å². The number of aromatic nitrogens is 2. The summed E-state index contributed by atoms with van der Waals surface area (Å²) in [6, 6.07) is 37.1. The molecule has 2 aromatic heterocycles. The second kappa shape index (κ2) is 13.6. The molecule has 1 radical (unpaired) electrons. The Hall–Kier alpha value is -3.17. The molecule has 195 valence electrons. The van der Waals surface area contributed by atoms with E-state index in [4.69, 9.17) is 0 Å². The van der Waals surface area contributed by atoms with Crippen LogP contribution in [0.25, 0.3) is 33.6 Å². The van der Waals surface area contributed by atoms with Crippen LogP contribution in [0.4, 0.5) is 0 Å². The van der Waals surface area contributed by atoms with E-state index in [-0.39, 0.29) is 20.1 Å². The minimum Gasteiger partial charge on any atom is -0.305 e. The molecule has 4 heteroatoms. The maximum atomic E-state index is 4.63. The molecular weight excluding hydrogens is 657 g/mol. The van der Waals surface area contributed by atoms with Crippen molar-refractivity contribution in [3.05, 3.63) is 127 Å². The van der Waals surface area contributed by atoms with E-state index in [1.165, 1.54) is 27.4 Å². The van der Waals surface area contributed by atoms with Gasteiger partial charge in [-0.05, 0) is 41.0 Å². The summed E-state index contributed by atoms with van der Waals surface area (Å²) in [4.78, 5) is 9.18. The fourth-order valence-electron chi connectivity index (χ4n) is 4.34. The molecule has 2 heterocycles. The fourth-order valence-corrected chi connectivity index (χ4v) is 6.00. The van der Waals surface area contributed by atoms with E-state index in [0.717, 1.165) is 28.9 Å². The first-order valence-electron chi connectivity index (χ1n) is 12.8. The second-order valence-electron chi connectivity index (χ2n) is 10.1. The van der Waals surface area contributed by atoms with E-state index in [2.05, 4.69) is 92.1 Å². The average molecular weight is 691 g/mol. The van der Waals surface area contributed by atoms with E-state index < -0.39 is 8.07 Å². The van der Waals surface area contributed by atoms with Crippen molar-refractivity contribution in [2.45, 2.75) is 39.9 Å². The van der Waals surface area contributed by atoms with Crippen LogP contribution in [0.1, 0.15) is 18.1 Å². The number of benzene rings is 3. The molecule has 0 saturated carbocycles. The molecule has 3 aromatic carbocycles. The van der Waals surface area contributed by atoms with Crippen molar-refractivity contribution in [3.8, 4) is 33.6 Å². The van der Waals surface area contributed by atoms with E-state index in [1.807, 2.05) is 66.9 Å². The predicted molar refractivity (Wildman–Crippen MR) is 160 cm³/mol. The van der Waals surface area contributed by atoms with Gasteiger partial charge in [0.15, 0.2) is 0 Å². The first kappa shape index (κ1) is 29.4. The first-order chi connectivity index (χ1) is 17.9. The molecule has 2 nitrogen and oxygen atoms in total. The van der Waals surface area contributed by atoms with Crippen LogP contribution in [0.3, 0.4) is 0 Å². The van der Waals surface area contributed by atoms with Gasteiger partial charge in [0.25, 0.3) is 0 Å². The smallest absolute Gasteiger partial charge is 0.0798 e. The van der Waals surface area contributed by atoms with Gasteiger partial charge in [0.05, 0.1) is 8.07 Å². The zero-order valence-electron chi connectivity index (χ0n) is 22.7. The molecule has 0 unspecified atom stereocenters. The molecule has 0 aliphatic heterocycles. The third-order valence-corrected chi connectivity index (χ3v) is 8.41. The van der Waals surface area contributed by atoms with Crippen molar-refractivity contribution in [1.82, 2.24) is 9.97 Å². The molecule has 0 bridgehead atoms. The van der Waals surface area contributed by atoms with E-state index in [0.29, 0.717) is 0 Å². The number of hydrogen-bond acceptors (Lipinski definition) is 2. The Morgan fingerprint density at radius 3 is 1.76 bits per heavy atom. The minimum atomic E-state index is -1.30. The number of rotatable bonds is 5. The monoisotopic (exact) mass is 691 g/mol. The molecule has 0 fully saturated rings. The number of aryl methyl sites for hydroxylation is 2. The van der Waals surface area contributed by atoms with Crippen LogP contribution in [-0.2, 0) is 26.5 Å². The van der Waals surface area contributed by atoms with Gasteiger partial charge in [-0.25, -0.2) is 0 Å². The quantitative estimate of drug-likeness (QED) is 0.137. The average Bonchev–Trinajstić information content (AvgIpc) is 2.94. The zero-order valence-corrected chi connectivity index (χ0v) is 26.1. The van der Waals surface area contributed by atoms with Crippen molar-refractivity contribution >= 4 is 13.3 Å². The normalized spacial score (nSPS) is 10.7. The van der Waals surface area contributed by atoms with Crippen LogP contribution in [0.2, 0.25) is 19.6 Å². The minimum absolute atomic E-state index is 0. The SMILES string of the molecule is CCc1cc(-c2[c-]cccc2)ncc1[Si](C)(C)C.Cc1cc(-c2[c-]cccc2)ncc1-c1ccccc1.[Ir]. The molecule has 38 heavy (non-hydrogen) atoms. The van der Waals surface area contributed by atoms with Gasteiger partial charge >= 0.3 is 0 Å². The van der Waals surface area contributed by atoms with Gasteiger partial charge in [0, 0.05) is 38.1 Å². The fraction of sp³-hybridized carbons (Fsp3) is 0.176. The van der Waals surface area contributed by atoms with E-state index in [9.17, 15) is 0 Å². The van der Waals surface area contributed by atoms with Crippen LogP contribution in [0.5, 0.6) is 0 Å². The molecule has 0 aliphatic rings. The van der Waals surface area contributed by atoms with Crippen molar-refractivity contribution in [2.75, 3.05) is 0 Å². The maximum absolute atomic E-state index is 4.63. The Morgan fingerprint density at radius 1 is 0.711 bits per heavy atom. The summed E-state index contributed by atoms with van der Waals surface area (Å²) < 4.78 is 0. The van der Waals surface area contributed by atoms with Crippen LogP contribution in [0, 0.1) is 19.1 Å². The summed E-state index contributed by atoms with van der Waals surface area (Å²) in [5, 5.41) is 1.48. The molecule has 0 atom stereocenters. The Morgan fingerprint density at radius 2 is 1.26 bits per heavy atom. The number of pyridine rings is 2. The maximum Gasteiger partial charge on any atom is 0.0798 e. The van der Waals surface area contributed by atoms with Crippen molar-refractivity contribution in [3.63, 3.8) is 0 Å². The third kappa shape index (κ3) is 7.45. The van der Waals surface area contributed by atoms with Gasteiger partial charge in [-0.2, -0.15) is 0 Å². The summed E-state index contributed by atoms with van der Waals surface area (Å²) in [5.41, 5.74) is 9.17. The van der Waals surface area contributed by atoms with Crippen molar-refractivity contribution in [2.24, 2.45) is 0 Å². The Kier molecular flexibility index (Phi) is 10.5. The van der Waals surface area contributed by atoms with Gasteiger partial charge < -0.3 is 9.97 Å². The zero-order chi connectivity index (χ0) is 26.3. The molecule has 0 N–H and O–H groups in total. The van der Waals surface area contributed by atoms with E-state index >= 15 is 0 Å². The molecule has 5 rings (SSSR count). The van der Waals surface area contributed by atoms with Crippen molar-refractivity contribution in [1.29, 1.82) is 0 Å². The van der Waals surface area contributed by atoms with Gasteiger partial charge in [0.1, 0.15) is 0 Å². The molecule has 0 amide bonds. The summed E-state index contributed by atoms with van der Waals surface area (Å²) in [6.45, 7) is 11.5. The standard InChI is InChI=1S/C18H14N.C16H20NSi.Ir/c1-14-12-18(16-10-6-3-7-11-16)19-13-17(14)15-8-4-2-5-9-15;1-5-13-11-15(14-9-7-6-8-10-14)17-12-16(13)18(2,3)4;/h2-10,12-13H,1H3;6-9,11-12H,5H2,1-4H3;/q2*-1;. The van der Waals surface area contributed by atoms with Crippen LogP contribution in [-0.4, -0.2) is 18.0 Å². The second-order valence-corrected chi connectivity index (χ2v) is 15.2. The van der Waals surface area contributed by atoms with Gasteiger partial charge in [-0.15, -0.1) is 71.8 Å². The Labute approximate surface area is 242 Å². The van der Waals surface area contributed by atoms with Gasteiger partial charge in [-0.3, -0.25) is 0 Å². The third-order valence-electron chi connectivity index (χ3n) is 6.34. The van der Waals surface area contributed by atoms with Crippen LogP contribution >= 0.6 is 0 Å². The molecule has 0 spiro atoms. The summed E-state index contributed by atoms with van der Waals surface area (Å²) in [6.07, 6.45) is 5.10. The summed E-state index contributed by atoms with van der Waals surface area (Å²) >= 11 is 0. The predicted octanol–water partition coefficient (Wildman–Crippen LogP) is 8.18. The molecule has 0 saturated heterocycles. The first-order valence-corrected chi connectivity index (χ1v) is 16.3. The molecular formula is C34H34IrN2Si-2. The number of hydrogen-bond donors (Lipinski definition) is 0. The summed E-state index contributed by atoms with van der Waals surface area (Å²) in [5.74, 6) is 0. The van der Waals surface area contributed by atoms with Crippen LogP contribution < -0.4 is 5.19 Å². The summed E-state index contributed by atoms with van der Waals surface area (Å²) in [7, 11) is -1.30. The topological polar surface area (TPSA) is 25.8 Å². The Bertz CT molecular complexity index is 1430. The van der Waals surface area contributed by atoms with Gasteiger partial charge in [0.2, 0.25) is 0 Å².